The molecule has 30 heavy (non-hydrogen) atoms. The Labute approximate surface area is 177 Å². The number of nitrogens with zero attached hydrogens (tertiary/aromatic N) is 3. The maximum Gasteiger partial charge on any atom is 0.254 e. The summed E-state index contributed by atoms with van der Waals surface area (Å²) in [5.74, 6) is 1.30. The Bertz CT molecular complexity index is 1230. The van der Waals surface area contributed by atoms with Crippen LogP contribution in [0.15, 0.2) is 63.3 Å². The molecule has 0 radical (unpaired) electrons. The Hall–Kier alpha value is -3.29. The minimum absolute atomic E-state index is 0.0476. The third-order valence-electron chi connectivity index (χ3n) is 5.09. The monoisotopic (exact) mass is 416 g/mol. The molecule has 3 aromatic heterocycles. The third kappa shape index (κ3) is 4.03. The lowest BCUT2D eigenvalue weighted by atomic mass is 10.1. The molecule has 0 aliphatic carbocycles. The number of aromatic amines is 1. The molecule has 5 rings (SSSR count). The summed E-state index contributed by atoms with van der Waals surface area (Å²) in [5, 5.41) is 2.77. The van der Waals surface area contributed by atoms with E-state index in [1.807, 2.05) is 29.7 Å². The number of furan rings is 1. The van der Waals surface area contributed by atoms with Gasteiger partial charge in [-0.3, -0.25) is 9.69 Å². The zero-order valence-corrected chi connectivity index (χ0v) is 17.1. The van der Waals surface area contributed by atoms with Gasteiger partial charge in [-0.25, -0.2) is 9.97 Å². The fourth-order valence-corrected chi connectivity index (χ4v) is 4.36. The Morgan fingerprint density at radius 1 is 1.13 bits per heavy atom. The van der Waals surface area contributed by atoms with Crippen LogP contribution in [0.4, 0.5) is 0 Å². The number of fused-ring (bicyclic) bond motifs is 1. The van der Waals surface area contributed by atoms with Gasteiger partial charge in [-0.1, -0.05) is 30.3 Å². The van der Waals surface area contributed by atoms with Crippen molar-refractivity contribution in [2.75, 3.05) is 6.54 Å². The van der Waals surface area contributed by atoms with Crippen LogP contribution in [-0.2, 0) is 19.5 Å². The number of hydrogen-bond acceptors (Lipinski definition) is 6. The first-order chi connectivity index (χ1) is 14.7. The lowest BCUT2D eigenvalue weighted by molar-refractivity contribution is 0.240. The van der Waals surface area contributed by atoms with Gasteiger partial charge in [0.15, 0.2) is 10.8 Å². The highest BCUT2D eigenvalue weighted by Crippen LogP contribution is 2.24. The van der Waals surface area contributed by atoms with Crippen molar-refractivity contribution in [3.05, 3.63) is 92.8 Å². The van der Waals surface area contributed by atoms with Gasteiger partial charge in [-0.15, -0.1) is 11.3 Å². The smallest absolute Gasteiger partial charge is 0.254 e. The van der Waals surface area contributed by atoms with Gasteiger partial charge in [0.25, 0.3) is 5.56 Å². The Kier molecular flexibility index (Phi) is 5.13. The van der Waals surface area contributed by atoms with E-state index < -0.39 is 0 Å². The van der Waals surface area contributed by atoms with Gasteiger partial charge in [-0.2, -0.15) is 0 Å². The van der Waals surface area contributed by atoms with Crippen molar-refractivity contribution in [1.29, 1.82) is 0 Å². The van der Waals surface area contributed by atoms with E-state index in [-0.39, 0.29) is 5.56 Å². The van der Waals surface area contributed by atoms with Gasteiger partial charge in [0.05, 0.1) is 17.7 Å². The first-order valence-corrected chi connectivity index (χ1v) is 10.7. The van der Waals surface area contributed by atoms with E-state index in [2.05, 4.69) is 39.1 Å². The fourth-order valence-electron chi connectivity index (χ4n) is 3.61. The summed E-state index contributed by atoms with van der Waals surface area (Å²) >= 11 is 1.51. The minimum Gasteiger partial charge on any atom is -0.462 e. The SMILES string of the molecule is O=c1[nH]c(C=Cc2csc(-c3ccco3)n2)nc2c1CCN(Cc1ccccc1)C2. The summed E-state index contributed by atoms with van der Waals surface area (Å²) in [4.78, 5) is 27.0. The highest BCUT2D eigenvalue weighted by molar-refractivity contribution is 7.13. The van der Waals surface area contributed by atoms with Crippen molar-refractivity contribution in [2.45, 2.75) is 19.5 Å². The van der Waals surface area contributed by atoms with E-state index in [1.165, 1.54) is 16.9 Å². The predicted molar refractivity (Wildman–Crippen MR) is 118 cm³/mol. The molecule has 6 nitrogen and oxygen atoms in total. The van der Waals surface area contributed by atoms with Crippen molar-refractivity contribution in [1.82, 2.24) is 19.9 Å². The first-order valence-electron chi connectivity index (χ1n) is 9.80. The molecule has 0 fully saturated rings. The molecule has 150 valence electrons. The molecular weight excluding hydrogens is 396 g/mol. The quantitative estimate of drug-likeness (QED) is 0.527. The molecule has 1 aliphatic heterocycles. The van der Waals surface area contributed by atoms with E-state index in [9.17, 15) is 4.79 Å². The molecule has 0 unspecified atom stereocenters. The summed E-state index contributed by atoms with van der Waals surface area (Å²) in [7, 11) is 0. The van der Waals surface area contributed by atoms with Gasteiger partial charge < -0.3 is 9.40 Å². The lowest BCUT2D eigenvalue weighted by Crippen LogP contribution is -2.35. The van der Waals surface area contributed by atoms with E-state index in [4.69, 9.17) is 9.40 Å². The van der Waals surface area contributed by atoms with E-state index >= 15 is 0 Å². The van der Waals surface area contributed by atoms with Crippen molar-refractivity contribution in [3.63, 3.8) is 0 Å². The molecule has 0 saturated carbocycles. The molecule has 7 heteroatoms. The summed E-state index contributed by atoms with van der Waals surface area (Å²) in [6.07, 6.45) is 6.01. The van der Waals surface area contributed by atoms with Crippen LogP contribution in [0.2, 0.25) is 0 Å². The largest absolute Gasteiger partial charge is 0.462 e. The average molecular weight is 417 g/mol. The number of hydrogen-bond donors (Lipinski definition) is 1. The van der Waals surface area contributed by atoms with Crippen LogP contribution in [0.3, 0.4) is 0 Å². The summed E-state index contributed by atoms with van der Waals surface area (Å²) in [6.45, 7) is 2.39. The number of aromatic nitrogens is 3. The molecule has 0 bridgehead atoms. The average Bonchev–Trinajstić information content (AvgIpc) is 3.45. The van der Waals surface area contributed by atoms with Gasteiger partial charge >= 0.3 is 0 Å². The molecule has 0 amide bonds. The molecule has 0 atom stereocenters. The Balaban J connectivity index is 1.34. The van der Waals surface area contributed by atoms with Crippen LogP contribution in [-0.4, -0.2) is 26.4 Å². The van der Waals surface area contributed by atoms with Crippen LogP contribution < -0.4 is 5.56 Å². The number of benzene rings is 1. The van der Waals surface area contributed by atoms with E-state index in [0.717, 1.165) is 40.8 Å². The second-order valence-electron chi connectivity index (χ2n) is 7.21. The van der Waals surface area contributed by atoms with Crippen molar-refractivity contribution >= 4 is 23.5 Å². The Morgan fingerprint density at radius 3 is 2.87 bits per heavy atom. The molecule has 1 aliphatic rings. The molecule has 4 aromatic rings. The van der Waals surface area contributed by atoms with Crippen LogP contribution >= 0.6 is 11.3 Å². The topological polar surface area (TPSA) is 75.0 Å². The van der Waals surface area contributed by atoms with E-state index in [1.54, 1.807) is 12.3 Å². The van der Waals surface area contributed by atoms with Gasteiger partial charge in [-0.05, 0) is 36.3 Å². The summed E-state index contributed by atoms with van der Waals surface area (Å²) < 4.78 is 5.39. The molecular formula is C23H20N4O2S. The third-order valence-corrected chi connectivity index (χ3v) is 5.96. The van der Waals surface area contributed by atoms with Crippen molar-refractivity contribution in [3.8, 4) is 10.8 Å². The molecule has 1 aromatic carbocycles. The minimum atomic E-state index is -0.0476. The van der Waals surface area contributed by atoms with Crippen LogP contribution in [0, 0.1) is 0 Å². The Morgan fingerprint density at radius 2 is 2.03 bits per heavy atom. The second kappa shape index (κ2) is 8.22. The lowest BCUT2D eigenvalue weighted by Gasteiger charge is -2.27. The van der Waals surface area contributed by atoms with Gasteiger partial charge in [0, 0.05) is 30.6 Å². The summed E-state index contributed by atoms with van der Waals surface area (Å²) in [6, 6.07) is 14.1. The van der Waals surface area contributed by atoms with Gasteiger partial charge in [0.2, 0.25) is 0 Å². The predicted octanol–water partition coefficient (Wildman–Crippen LogP) is 4.22. The van der Waals surface area contributed by atoms with Crippen molar-refractivity contribution < 1.29 is 4.42 Å². The van der Waals surface area contributed by atoms with E-state index in [0.29, 0.717) is 18.8 Å². The van der Waals surface area contributed by atoms with Crippen molar-refractivity contribution in [2.24, 2.45) is 0 Å². The van der Waals surface area contributed by atoms with Crippen LogP contribution in [0.1, 0.15) is 28.3 Å². The van der Waals surface area contributed by atoms with Gasteiger partial charge in [0.1, 0.15) is 5.82 Å². The van der Waals surface area contributed by atoms with Crippen LogP contribution in [0.25, 0.3) is 22.9 Å². The zero-order chi connectivity index (χ0) is 20.3. The molecule has 1 N–H and O–H groups in total. The normalized spacial score (nSPS) is 14.3. The molecule has 4 heterocycles. The number of H-pyrrole nitrogens is 1. The molecule has 0 spiro atoms. The highest BCUT2D eigenvalue weighted by atomic mass is 32.1. The second-order valence-corrected chi connectivity index (χ2v) is 8.07. The standard InChI is InChI=1S/C23H20N4O2S/c28-22-18-10-11-27(13-16-5-2-1-3-6-16)14-19(18)25-21(26-22)9-8-17-15-30-23(24-17)20-7-4-12-29-20/h1-9,12,15H,10-11,13-14H2,(H,25,26,28). The highest BCUT2D eigenvalue weighted by Gasteiger charge is 2.20. The number of thiazole rings is 1. The zero-order valence-electron chi connectivity index (χ0n) is 16.2. The maximum atomic E-state index is 12.5. The number of rotatable bonds is 5. The first kappa shape index (κ1) is 18.7. The molecule has 0 saturated heterocycles. The fraction of sp³-hybridized carbons (Fsp3) is 0.174. The summed E-state index contributed by atoms with van der Waals surface area (Å²) in [5.41, 5.74) is 3.67. The number of nitrogens with one attached hydrogen (secondary N) is 1. The van der Waals surface area contributed by atoms with Crippen LogP contribution in [0.5, 0.6) is 0 Å². The maximum absolute atomic E-state index is 12.5.